The minimum Gasteiger partial charge on any atom is -0.478 e. The van der Waals surface area contributed by atoms with Crippen molar-refractivity contribution >= 4 is 30.0 Å². The van der Waals surface area contributed by atoms with E-state index in [4.69, 9.17) is 5.11 Å². The second kappa shape index (κ2) is 5.79. The molecule has 0 saturated heterocycles. The Morgan fingerprint density at radius 1 is 1.32 bits per heavy atom. The highest BCUT2D eigenvalue weighted by Gasteiger charge is 2.34. The average Bonchev–Trinajstić information content (AvgIpc) is 2.26. The molecule has 106 valence electrons. The van der Waals surface area contributed by atoms with Crippen LogP contribution < -0.4 is 0 Å². The molecule has 19 heavy (non-hydrogen) atoms. The fourth-order valence-electron chi connectivity index (χ4n) is 1.85. The summed E-state index contributed by atoms with van der Waals surface area (Å²) < 4.78 is 0. The smallest absolute Gasteiger partial charge is 0.335 e. The summed E-state index contributed by atoms with van der Waals surface area (Å²) in [6, 6.07) is 6.83. The highest BCUT2D eigenvalue weighted by Crippen LogP contribution is 2.38. The van der Waals surface area contributed by atoms with Gasteiger partial charge < -0.3 is 5.11 Å². The van der Waals surface area contributed by atoms with Crippen molar-refractivity contribution in [1.82, 2.24) is 0 Å². The molecular formula is C15H23BrO2Si. The molecule has 0 saturated carbocycles. The van der Waals surface area contributed by atoms with Gasteiger partial charge in [-0.2, -0.15) is 0 Å². The molecule has 1 rings (SSSR count). The molecule has 4 heteroatoms. The van der Waals surface area contributed by atoms with E-state index >= 15 is 0 Å². The molecule has 0 radical (unpaired) electrons. The molecule has 0 aliphatic rings. The lowest BCUT2D eigenvalue weighted by Gasteiger charge is -2.37. The van der Waals surface area contributed by atoms with Crippen molar-refractivity contribution in [3.05, 3.63) is 34.9 Å². The molecule has 0 aromatic heterocycles. The maximum absolute atomic E-state index is 11.1. The number of aromatic carboxylic acids is 1. The van der Waals surface area contributed by atoms with Crippen LogP contribution in [-0.2, 0) is 11.4 Å². The topological polar surface area (TPSA) is 37.3 Å². The summed E-state index contributed by atoms with van der Waals surface area (Å²) in [6.07, 6.45) is 0. The number of carboxylic acid groups (broad SMARTS) is 1. The van der Waals surface area contributed by atoms with Crippen molar-refractivity contribution in [1.29, 1.82) is 0 Å². The third-order valence-corrected chi connectivity index (χ3v) is 10.2. The second-order valence-electron chi connectivity index (χ2n) is 6.74. The third kappa shape index (κ3) is 3.92. The number of alkyl halides is 1. The number of carbonyl (C=O) groups is 1. The van der Waals surface area contributed by atoms with Crippen LogP contribution in [0.5, 0.6) is 0 Å². The standard InChI is InChI=1S/C15H23BrO2Si/c1-15(2,3)19(4,5)10-11-6-7-13(14(17)18)12(8-11)9-16/h6-8H,9-10H2,1-5H3,(H,17,18). The summed E-state index contributed by atoms with van der Waals surface area (Å²) in [7, 11) is -1.39. The van der Waals surface area contributed by atoms with Gasteiger partial charge in [0.15, 0.2) is 0 Å². The zero-order valence-corrected chi connectivity index (χ0v) is 15.0. The van der Waals surface area contributed by atoms with E-state index in [2.05, 4.69) is 49.8 Å². The first-order valence-electron chi connectivity index (χ1n) is 6.49. The second-order valence-corrected chi connectivity index (χ2v) is 12.9. The fraction of sp³-hybridized carbons (Fsp3) is 0.533. The highest BCUT2D eigenvalue weighted by molar-refractivity contribution is 9.08. The van der Waals surface area contributed by atoms with Gasteiger partial charge >= 0.3 is 5.97 Å². The highest BCUT2D eigenvalue weighted by atomic mass is 79.9. The Morgan fingerprint density at radius 2 is 1.89 bits per heavy atom. The van der Waals surface area contributed by atoms with Crippen LogP contribution in [0.2, 0.25) is 18.1 Å². The number of benzene rings is 1. The predicted octanol–water partition coefficient (Wildman–Crippen LogP) is 4.87. The number of hydrogen-bond donors (Lipinski definition) is 1. The van der Waals surface area contributed by atoms with Crippen LogP contribution in [0.4, 0.5) is 0 Å². The summed E-state index contributed by atoms with van der Waals surface area (Å²) in [5, 5.41) is 10.1. The lowest BCUT2D eigenvalue weighted by Crippen LogP contribution is -2.39. The molecule has 1 aromatic carbocycles. The van der Waals surface area contributed by atoms with Crippen LogP contribution >= 0.6 is 15.9 Å². The molecule has 0 amide bonds. The van der Waals surface area contributed by atoms with E-state index in [9.17, 15) is 4.79 Å². The van der Waals surface area contributed by atoms with Crippen LogP contribution in [0.15, 0.2) is 18.2 Å². The lowest BCUT2D eigenvalue weighted by atomic mass is 10.1. The van der Waals surface area contributed by atoms with Crippen molar-refractivity contribution < 1.29 is 9.90 Å². The lowest BCUT2D eigenvalue weighted by molar-refractivity contribution is 0.0696. The Kier molecular flexibility index (Phi) is 5.01. The van der Waals surface area contributed by atoms with Gasteiger partial charge in [-0.25, -0.2) is 4.79 Å². The Balaban J connectivity index is 3.08. The van der Waals surface area contributed by atoms with Crippen LogP contribution in [0.3, 0.4) is 0 Å². The Labute approximate surface area is 125 Å². The molecule has 0 fully saturated rings. The predicted molar refractivity (Wildman–Crippen MR) is 86.9 cm³/mol. The van der Waals surface area contributed by atoms with Gasteiger partial charge in [-0.05, 0) is 22.7 Å². The monoisotopic (exact) mass is 342 g/mol. The first kappa shape index (κ1) is 16.4. The summed E-state index contributed by atoms with van der Waals surface area (Å²) >= 11 is 3.38. The minimum absolute atomic E-state index is 0.340. The van der Waals surface area contributed by atoms with Crippen molar-refractivity contribution in [2.45, 2.75) is 50.3 Å². The zero-order valence-electron chi connectivity index (χ0n) is 12.4. The Hall–Kier alpha value is -0.613. The van der Waals surface area contributed by atoms with Crippen LogP contribution in [0, 0.1) is 0 Å². The summed E-state index contributed by atoms with van der Waals surface area (Å²) in [6.45, 7) is 11.7. The number of rotatable bonds is 4. The van der Waals surface area contributed by atoms with Crippen LogP contribution in [0.1, 0.15) is 42.3 Å². The fourth-order valence-corrected chi connectivity index (χ4v) is 4.09. The maximum atomic E-state index is 11.1. The summed E-state index contributed by atoms with van der Waals surface area (Å²) in [5.41, 5.74) is 2.52. The molecule has 0 atom stereocenters. The van der Waals surface area contributed by atoms with Gasteiger partial charge in [-0.1, -0.05) is 67.5 Å². The van der Waals surface area contributed by atoms with E-state index in [1.807, 2.05) is 12.1 Å². The molecule has 0 spiro atoms. The van der Waals surface area contributed by atoms with Crippen LogP contribution in [-0.4, -0.2) is 19.1 Å². The molecule has 0 aliphatic carbocycles. The largest absolute Gasteiger partial charge is 0.478 e. The van der Waals surface area contributed by atoms with Crippen molar-refractivity contribution in [3.63, 3.8) is 0 Å². The van der Waals surface area contributed by atoms with E-state index in [-0.39, 0.29) is 0 Å². The first-order chi connectivity index (χ1) is 8.58. The van der Waals surface area contributed by atoms with Gasteiger partial charge in [0.2, 0.25) is 0 Å². The van der Waals surface area contributed by atoms with E-state index in [1.165, 1.54) is 5.56 Å². The molecule has 0 aliphatic heterocycles. The Bertz CT molecular complexity index is 476. The number of hydrogen-bond acceptors (Lipinski definition) is 1. The van der Waals surface area contributed by atoms with E-state index in [1.54, 1.807) is 6.07 Å². The third-order valence-electron chi connectivity index (χ3n) is 4.22. The van der Waals surface area contributed by atoms with E-state index in [0.29, 0.717) is 15.9 Å². The minimum atomic E-state index is -1.39. The Morgan fingerprint density at radius 3 is 2.32 bits per heavy atom. The van der Waals surface area contributed by atoms with Gasteiger partial charge in [-0.3, -0.25) is 0 Å². The molecule has 1 aromatic rings. The van der Waals surface area contributed by atoms with Gasteiger partial charge in [0, 0.05) is 5.33 Å². The average molecular weight is 343 g/mol. The summed E-state index contributed by atoms with van der Waals surface area (Å²) in [5.74, 6) is -0.853. The van der Waals surface area contributed by atoms with Gasteiger partial charge in [0.25, 0.3) is 0 Å². The summed E-state index contributed by atoms with van der Waals surface area (Å²) in [4.78, 5) is 11.1. The quantitative estimate of drug-likeness (QED) is 0.625. The van der Waals surface area contributed by atoms with Crippen molar-refractivity contribution in [2.24, 2.45) is 0 Å². The molecule has 1 N–H and O–H groups in total. The van der Waals surface area contributed by atoms with Crippen molar-refractivity contribution in [2.75, 3.05) is 0 Å². The molecule has 2 nitrogen and oxygen atoms in total. The number of halogens is 1. The van der Waals surface area contributed by atoms with Crippen molar-refractivity contribution in [3.8, 4) is 0 Å². The van der Waals surface area contributed by atoms with E-state index < -0.39 is 14.0 Å². The molecule has 0 heterocycles. The SMILES string of the molecule is CC(C)(C)[Si](C)(C)Cc1ccc(C(=O)O)c(CBr)c1. The van der Waals surface area contributed by atoms with Gasteiger partial charge in [0.1, 0.15) is 0 Å². The van der Waals surface area contributed by atoms with Gasteiger partial charge in [0.05, 0.1) is 13.6 Å². The molecule has 0 bridgehead atoms. The maximum Gasteiger partial charge on any atom is 0.335 e. The van der Waals surface area contributed by atoms with E-state index in [0.717, 1.165) is 11.6 Å². The van der Waals surface area contributed by atoms with Crippen LogP contribution in [0.25, 0.3) is 0 Å². The first-order valence-corrected chi connectivity index (χ1v) is 10.8. The number of carboxylic acids is 1. The zero-order chi connectivity index (χ0) is 14.8. The molecular weight excluding hydrogens is 320 g/mol. The van der Waals surface area contributed by atoms with Gasteiger partial charge in [-0.15, -0.1) is 0 Å². The molecule has 0 unspecified atom stereocenters. The normalized spacial score (nSPS) is 12.5.